The van der Waals surface area contributed by atoms with Gasteiger partial charge in [-0.15, -0.1) is 0 Å². The van der Waals surface area contributed by atoms with E-state index in [9.17, 15) is 9.59 Å². The molecule has 1 unspecified atom stereocenters. The molecule has 0 saturated carbocycles. The molecule has 120 valence electrons. The minimum atomic E-state index is -0.536. The molecule has 3 amide bonds. The summed E-state index contributed by atoms with van der Waals surface area (Å²) in [5.74, 6) is 0.544. The van der Waals surface area contributed by atoms with Gasteiger partial charge in [-0.2, -0.15) is 5.10 Å². The first-order valence-electron chi connectivity index (χ1n) is 7.17. The Morgan fingerprint density at radius 2 is 2.17 bits per heavy atom. The molecule has 1 aliphatic rings. The molecule has 1 fully saturated rings. The van der Waals surface area contributed by atoms with Gasteiger partial charge in [-0.3, -0.25) is 4.79 Å². The van der Waals surface area contributed by atoms with Crippen LogP contribution in [0.15, 0.2) is 36.5 Å². The van der Waals surface area contributed by atoms with Crippen LogP contribution in [0.5, 0.6) is 5.75 Å². The fourth-order valence-electron chi connectivity index (χ4n) is 2.25. The van der Waals surface area contributed by atoms with Crippen molar-refractivity contribution in [1.82, 2.24) is 25.7 Å². The van der Waals surface area contributed by atoms with Gasteiger partial charge in [0.05, 0.1) is 25.0 Å². The van der Waals surface area contributed by atoms with E-state index in [-0.39, 0.29) is 11.9 Å². The van der Waals surface area contributed by atoms with Crippen molar-refractivity contribution in [3.8, 4) is 11.4 Å². The van der Waals surface area contributed by atoms with E-state index in [0.29, 0.717) is 13.1 Å². The van der Waals surface area contributed by atoms with Crippen LogP contribution in [0.25, 0.3) is 5.69 Å². The molecular weight excluding hydrogens is 298 g/mol. The number of urea groups is 1. The Labute approximate surface area is 132 Å². The van der Waals surface area contributed by atoms with E-state index in [2.05, 4.69) is 21.0 Å². The van der Waals surface area contributed by atoms with E-state index in [1.807, 2.05) is 36.5 Å². The summed E-state index contributed by atoms with van der Waals surface area (Å²) in [6, 6.07) is 8.47. The van der Waals surface area contributed by atoms with Crippen molar-refractivity contribution in [2.45, 2.75) is 12.6 Å². The smallest absolute Gasteiger partial charge is 0.315 e. The van der Waals surface area contributed by atoms with Crippen molar-refractivity contribution in [3.05, 3.63) is 42.2 Å². The average molecular weight is 315 g/mol. The number of rotatable bonds is 5. The van der Waals surface area contributed by atoms with Gasteiger partial charge >= 0.3 is 6.03 Å². The highest BCUT2D eigenvalue weighted by molar-refractivity contribution is 5.90. The number of benzene rings is 1. The third-order valence-corrected chi connectivity index (χ3v) is 3.51. The third kappa shape index (κ3) is 3.42. The van der Waals surface area contributed by atoms with Gasteiger partial charge in [-0.1, -0.05) is 0 Å². The van der Waals surface area contributed by atoms with Gasteiger partial charge in [-0.05, 0) is 30.3 Å². The van der Waals surface area contributed by atoms with Gasteiger partial charge in [0.2, 0.25) is 5.91 Å². The van der Waals surface area contributed by atoms with Crippen molar-refractivity contribution >= 4 is 11.9 Å². The first kappa shape index (κ1) is 14.9. The van der Waals surface area contributed by atoms with Gasteiger partial charge in [-0.25, -0.2) is 9.48 Å². The summed E-state index contributed by atoms with van der Waals surface area (Å²) in [6.45, 7) is 0.597. The highest BCUT2D eigenvalue weighted by Gasteiger charge is 2.26. The van der Waals surface area contributed by atoms with Gasteiger partial charge in [0.1, 0.15) is 11.8 Å². The maximum atomic E-state index is 11.9. The van der Waals surface area contributed by atoms with Gasteiger partial charge in [0.25, 0.3) is 0 Å². The molecule has 0 radical (unpaired) electrons. The molecule has 1 atom stereocenters. The first-order valence-corrected chi connectivity index (χ1v) is 7.17. The van der Waals surface area contributed by atoms with Gasteiger partial charge in [0.15, 0.2) is 0 Å². The summed E-state index contributed by atoms with van der Waals surface area (Å²) >= 11 is 0. The van der Waals surface area contributed by atoms with Crippen LogP contribution in [0.1, 0.15) is 5.69 Å². The fraction of sp³-hybridized carbons (Fsp3) is 0.267. The summed E-state index contributed by atoms with van der Waals surface area (Å²) in [5.41, 5.74) is 1.63. The van der Waals surface area contributed by atoms with Crippen LogP contribution in [0.2, 0.25) is 0 Å². The Kier molecular flexibility index (Phi) is 4.13. The predicted octanol–water partition coefficient (Wildman–Crippen LogP) is 0.179. The summed E-state index contributed by atoms with van der Waals surface area (Å²) in [7, 11) is 1.62. The van der Waals surface area contributed by atoms with Gasteiger partial charge in [0, 0.05) is 12.7 Å². The largest absolute Gasteiger partial charge is 0.497 e. The molecule has 3 N–H and O–H groups in total. The van der Waals surface area contributed by atoms with E-state index in [1.165, 1.54) is 0 Å². The number of hydrogen-bond acceptors (Lipinski definition) is 4. The minimum Gasteiger partial charge on any atom is -0.497 e. The molecule has 8 heteroatoms. The van der Waals surface area contributed by atoms with Crippen LogP contribution in [0.3, 0.4) is 0 Å². The molecule has 0 bridgehead atoms. The number of ether oxygens (including phenoxy) is 1. The summed E-state index contributed by atoms with van der Waals surface area (Å²) in [5, 5.41) is 12.2. The number of nitrogens with zero attached hydrogens (tertiary/aromatic N) is 2. The molecule has 0 aliphatic carbocycles. The summed E-state index contributed by atoms with van der Waals surface area (Å²) in [6.07, 6.45) is 1.82. The molecule has 23 heavy (non-hydrogen) atoms. The van der Waals surface area contributed by atoms with Crippen LogP contribution in [-0.2, 0) is 11.3 Å². The first-order chi connectivity index (χ1) is 11.2. The third-order valence-electron chi connectivity index (χ3n) is 3.51. The molecule has 0 spiro atoms. The maximum absolute atomic E-state index is 11.9. The zero-order valence-electron chi connectivity index (χ0n) is 12.6. The number of methoxy groups -OCH3 is 1. The van der Waals surface area contributed by atoms with Crippen LogP contribution in [-0.4, -0.2) is 41.4 Å². The van der Waals surface area contributed by atoms with E-state index >= 15 is 0 Å². The molecular formula is C15H17N5O3. The fourth-order valence-corrected chi connectivity index (χ4v) is 2.25. The SMILES string of the molecule is COc1ccc(-n2ccc(CNC(=O)C3CNC(=O)N3)n2)cc1. The number of carbonyl (C=O) groups is 2. The van der Waals surface area contributed by atoms with E-state index in [1.54, 1.807) is 11.8 Å². The van der Waals surface area contributed by atoms with Crippen molar-refractivity contribution in [1.29, 1.82) is 0 Å². The zero-order chi connectivity index (χ0) is 16.2. The lowest BCUT2D eigenvalue weighted by atomic mass is 10.3. The van der Waals surface area contributed by atoms with Crippen molar-refractivity contribution < 1.29 is 14.3 Å². The van der Waals surface area contributed by atoms with Crippen LogP contribution < -0.4 is 20.7 Å². The van der Waals surface area contributed by atoms with Crippen LogP contribution in [0.4, 0.5) is 4.79 Å². The molecule has 1 aromatic heterocycles. The Hall–Kier alpha value is -3.03. The summed E-state index contributed by atoms with van der Waals surface area (Å²) in [4.78, 5) is 22.9. The second-order valence-corrected chi connectivity index (χ2v) is 5.07. The van der Waals surface area contributed by atoms with Crippen molar-refractivity contribution in [2.24, 2.45) is 0 Å². The number of nitrogens with one attached hydrogen (secondary N) is 3. The molecule has 2 aromatic rings. The van der Waals surface area contributed by atoms with Crippen LogP contribution in [0, 0.1) is 0 Å². The second kappa shape index (κ2) is 6.39. The highest BCUT2D eigenvalue weighted by Crippen LogP contribution is 2.14. The minimum absolute atomic E-state index is 0.234. The predicted molar refractivity (Wildman–Crippen MR) is 82.3 cm³/mol. The standard InChI is InChI=1S/C15H17N5O3/c1-23-12-4-2-11(3-5-12)20-7-6-10(19-20)8-16-14(21)13-9-17-15(22)18-13/h2-7,13H,8-9H2,1H3,(H,16,21)(H2,17,18,22). The van der Waals surface area contributed by atoms with Crippen molar-refractivity contribution in [2.75, 3.05) is 13.7 Å². The van der Waals surface area contributed by atoms with Crippen molar-refractivity contribution in [3.63, 3.8) is 0 Å². The van der Waals surface area contributed by atoms with Crippen LogP contribution >= 0.6 is 0 Å². The summed E-state index contributed by atoms with van der Waals surface area (Å²) < 4.78 is 6.84. The molecule has 2 heterocycles. The van der Waals surface area contributed by atoms with Gasteiger partial charge < -0.3 is 20.7 Å². The van der Waals surface area contributed by atoms with E-state index in [0.717, 1.165) is 17.1 Å². The highest BCUT2D eigenvalue weighted by atomic mass is 16.5. The monoisotopic (exact) mass is 315 g/mol. The Balaban J connectivity index is 1.58. The Morgan fingerprint density at radius 1 is 1.39 bits per heavy atom. The normalized spacial score (nSPS) is 16.6. The Morgan fingerprint density at radius 3 is 2.83 bits per heavy atom. The molecule has 1 aromatic carbocycles. The quantitative estimate of drug-likeness (QED) is 0.733. The second-order valence-electron chi connectivity index (χ2n) is 5.07. The lowest BCUT2D eigenvalue weighted by Crippen LogP contribution is -2.42. The number of carbonyl (C=O) groups excluding carboxylic acids is 2. The maximum Gasteiger partial charge on any atom is 0.315 e. The lowest BCUT2D eigenvalue weighted by Gasteiger charge is -2.08. The number of amides is 3. The molecule has 1 saturated heterocycles. The van der Waals surface area contributed by atoms with E-state index < -0.39 is 6.04 Å². The lowest BCUT2D eigenvalue weighted by molar-refractivity contribution is -0.122. The Bertz CT molecular complexity index is 710. The average Bonchev–Trinajstić information content (AvgIpc) is 3.22. The molecule has 3 rings (SSSR count). The van der Waals surface area contributed by atoms with E-state index in [4.69, 9.17) is 4.74 Å². The number of hydrogen-bond donors (Lipinski definition) is 3. The topological polar surface area (TPSA) is 97.3 Å². The molecule has 8 nitrogen and oxygen atoms in total. The number of aromatic nitrogens is 2. The zero-order valence-corrected chi connectivity index (χ0v) is 12.6. The molecule has 1 aliphatic heterocycles.